The fourth-order valence-electron chi connectivity index (χ4n) is 2.93. The first-order valence-corrected chi connectivity index (χ1v) is 10.3. The first-order valence-electron chi connectivity index (χ1n) is 9.14. The van der Waals surface area contributed by atoms with Crippen LogP contribution in [0.15, 0.2) is 48.0 Å². The van der Waals surface area contributed by atoms with Gasteiger partial charge < -0.3 is 10.4 Å². The van der Waals surface area contributed by atoms with Gasteiger partial charge in [0.1, 0.15) is 16.8 Å². The summed E-state index contributed by atoms with van der Waals surface area (Å²) >= 11 is 18.9. The second kappa shape index (κ2) is 9.88. The van der Waals surface area contributed by atoms with Crippen molar-refractivity contribution in [3.05, 3.63) is 85.6 Å². The van der Waals surface area contributed by atoms with Crippen molar-refractivity contribution in [3.63, 3.8) is 0 Å². The highest BCUT2D eigenvalue weighted by Crippen LogP contribution is 2.29. The van der Waals surface area contributed by atoms with Gasteiger partial charge in [-0.05, 0) is 37.3 Å². The van der Waals surface area contributed by atoms with Crippen molar-refractivity contribution in [1.82, 2.24) is 9.78 Å². The number of anilines is 1. The zero-order chi connectivity index (χ0) is 23.4. The maximum absolute atomic E-state index is 12.6. The van der Waals surface area contributed by atoms with Crippen molar-refractivity contribution in [2.45, 2.75) is 13.5 Å². The second-order valence-electron chi connectivity index (χ2n) is 6.62. The molecule has 7 nitrogen and oxygen atoms in total. The summed E-state index contributed by atoms with van der Waals surface area (Å²) in [7, 11) is 0. The fraction of sp³-hybridized carbons (Fsp3) is 0.0909. The van der Waals surface area contributed by atoms with Crippen LogP contribution in [0.1, 0.15) is 27.2 Å². The van der Waals surface area contributed by atoms with Gasteiger partial charge in [-0.1, -0.05) is 53.0 Å². The lowest BCUT2D eigenvalue weighted by Gasteiger charge is -2.08. The molecule has 1 heterocycles. The van der Waals surface area contributed by atoms with E-state index in [0.29, 0.717) is 26.9 Å². The molecule has 162 valence electrons. The molecule has 10 heteroatoms. The average Bonchev–Trinajstić information content (AvgIpc) is 3.01. The number of benzene rings is 2. The van der Waals surface area contributed by atoms with Gasteiger partial charge in [-0.3, -0.25) is 4.79 Å². The Kier molecular flexibility index (Phi) is 7.21. The first-order chi connectivity index (χ1) is 15.2. The van der Waals surface area contributed by atoms with Crippen LogP contribution in [0.3, 0.4) is 0 Å². The van der Waals surface area contributed by atoms with Crippen LogP contribution in [0.4, 0.5) is 5.69 Å². The number of carbonyl (C=O) groups excluding carboxylic acids is 1. The highest BCUT2D eigenvalue weighted by molar-refractivity contribution is 6.36. The topological polar surface area (TPSA) is 108 Å². The zero-order valence-corrected chi connectivity index (χ0v) is 18.8. The number of hydrogen-bond acceptors (Lipinski definition) is 4. The largest absolute Gasteiger partial charge is 0.478 e. The van der Waals surface area contributed by atoms with Gasteiger partial charge in [0.15, 0.2) is 0 Å². The lowest BCUT2D eigenvalue weighted by molar-refractivity contribution is -0.112. The molecule has 32 heavy (non-hydrogen) atoms. The third kappa shape index (κ3) is 4.94. The summed E-state index contributed by atoms with van der Waals surface area (Å²) in [6.45, 7) is 1.86. The Morgan fingerprint density at radius 2 is 1.81 bits per heavy atom. The number of para-hydroxylation sites is 1. The van der Waals surface area contributed by atoms with Crippen molar-refractivity contribution in [2.24, 2.45) is 0 Å². The number of aromatic carboxylic acids is 1. The van der Waals surface area contributed by atoms with E-state index in [9.17, 15) is 20.0 Å². The molecule has 0 aliphatic rings. The van der Waals surface area contributed by atoms with Gasteiger partial charge in [-0.2, -0.15) is 10.4 Å². The Hall–Kier alpha value is -3.31. The maximum atomic E-state index is 12.6. The molecule has 2 N–H and O–H groups in total. The van der Waals surface area contributed by atoms with Gasteiger partial charge in [-0.15, -0.1) is 0 Å². The molecule has 3 aromatic rings. The normalized spacial score (nSPS) is 11.2. The van der Waals surface area contributed by atoms with Crippen molar-refractivity contribution >= 4 is 58.4 Å². The molecule has 0 spiro atoms. The van der Waals surface area contributed by atoms with Gasteiger partial charge in [-0.25, -0.2) is 9.48 Å². The van der Waals surface area contributed by atoms with Crippen LogP contribution in [0, 0.1) is 18.3 Å². The Bertz CT molecular complexity index is 1270. The van der Waals surface area contributed by atoms with Gasteiger partial charge >= 0.3 is 5.97 Å². The monoisotopic (exact) mass is 488 g/mol. The summed E-state index contributed by atoms with van der Waals surface area (Å²) < 4.78 is 1.46. The average molecular weight is 490 g/mol. The SMILES string of the molecule is Cc1nn(Cc2c(Cl)cccc2Cl)c(Cl)c1C=C(C#N)C(=O)Nc1ccccc1C(=O)O. The molecule has 0 unspecified atom stereocenters. The number of rotatable bonds is 6. The molecule has 0 atom stereocenters. The van der Waals surface area contributed by atoms with Crippen LogP contribution in [-0.4, -0.2) is 26.8 Å². The summed E-state index contributed by atoms with van der Waals surface area (Å²) in [6.07, 6.45) is 1.30. The summed E-state index contributed by atoms with van der Waals surface area (Å²) in [5.74, 6) is -1.99. The van der Waals surface area contributed by atoms with Crippen LogP contribution >= 0.6 is 34.8 Å². The number of nitrogens with one attached hydrogen (secondary N) is 1. The molecule has 0 aliphatic carbocycles. The predicted octanol–water partition coefficient (Wildman–Crippen LogP) is 5.44. The number of hydrogen-bond donors (Lipinski definition) is 2. The number of nitriles is 1. The maximum Gasteiger partial charge on any atom is 0.337 e. The minimum atomic E-state index is -1.21. The molecule has 3 rings (SSSR count). The van der Waals surface area contributed by atoms with E-state index in [1.807, 2.05) is 6.07 Å². The van der Waals surface area contributed by atoms with E-state index in [0.717, 1.165) is 0 Å². The highest BCUT2D eigenvalue weighted by atomic mass is 35.5. The van der Waals surface area contributed by atoms with Crippen LogP contribution in [-0.2, 0) is 11.3 Å². The molecule has 0 radical (unpaired) electrons. The molecular formula is C22H15Cl3N4O3. The van der Waals surface area contributed by atoms with Crippen molar-refractivity contribution < 1.29 is 14.7 Å². The van der Waals surface area contributed by atoms with Crippen molar-refractivity contribution in [3.8, 4) is 6.07 Å². The molecular weight excluding hydrogens is 475 g/mol. The number of carbonyl (C=O) groups is 2. The number of carboxylic acids is 1. The number of halogens is 3. The lowest BCUT2D eigenvalue weighted by atomic mass is 10.1. The van der Waals surface area contributed by atoms with Gasteiger partial charge in [0, 0.05) is 21.2 Å². The van der Waals surface area contributed by atoms with Gasteiger partial charge in [0.05, 0.1) is 23.5 Å². The van der Waals surface area contributed by atoms with Crippen molar-refractivity contribution in [1.29, 1.82) is 5.26 Å². The fourth-order valence-corrected chi connectivity index (χ4v) is 3.74. The Labute approximate surface area is 198 Å². The van der Waals surface area contributed by atoms with E-state index in [4.69, 9.17) is 34.8 Å². The highest BCUT2D eigenvalue weighted by Gasteiger charge is 2.19. The molecule has 2 aromatic carbocycles. The standard InChI is InChI=1S/C22H15Cl3N4O3/c1-12-15(20(25)29(28-12)11-16-17(23)6-4-7-18(16)24)9-13(10-26)21(30)27-19-8-3-2-5-14(19)22(31)32/h2-9H,11H2,1H3,(H,27,30)(H,31,32). The first kappa shape index (κ1) is 23.4. The molecule has 0 saturated carbocycles. The van der Waals surface area contributed by atoms with E-state index >= 15 is 0 Å². The molecule has 1 aromatic heterocycles. The summed E-state index contributed by atoms with van der Waals surface area (Å²) in [5.41, 5.74) is 1.16. The number of aromatic nitrogens is 2. The lowest BCUT2D eigenvalue weighted by Crippen LogP contribution is -2.16. The van der Waals surface area contributed by atoms with E-state index in [1.54, 1.807) is 31.2 Å². The summed E-state index contributed by atoms with van der Waals surface area (Å²) in [6, 6.07) is 12.8. The van der Waals surface area contributed by atoms with Crippen LogP contribution < -0.4 is 5.32 Å². The van der Waals surface area contributed by atoms with Gasteiger partial charge in [0.25, 0.3) is 5.91 Å². The minimum Gasteiger partial charge on any atom is -0.478 e. The molecule has 0 aliphatic heterocycles. The Morgan fingerprint density at radius 3 is 2.44 bits per heavy atom. The van der Waals surface area contributed by atoms with E-state index in [1.165, 1.54) is 29.0 Å². The summed E-state index contributed by atoms with van der Waals surface area (Å²) in [4.78, 5) is 24.0. The molecule has 0 fully saturated rings. The van der Waals surface area contributed by atoms with E-state index < -0.39 is 11.9 Å². The third-order valence-electron chi connectivity index (χ3n) is 4.54. The zero-order valence-electron chi connectivity index (χ0n) is 16.6. The summed E-state index contributed by atoms with van der Waals surface area (Å²) in [5, 5.41) is 26.7. The van der Waals surface area contributed by atoms with Crippen LogP contribution in [0.5, 0.6) is 0 Å². The van der Waals surface area contributed by atoms with E-state index in [-0.39, 0.29) is 28.5 Å². The molecule has 0 bridgehead atoms. The second-order valence-corrected chi connectivity index (χ2v) is 7.79. The third-order valence-corrected chi connectivity index (χ3v) is 5.65. The number of amides is 1. The molecule has 1 amide bonds. The number of aryl methyl sites for hydroxylation is 1. The predicted molar refractivity (Wildman–Crippen MR) is 123 cm³/mol. The van der Waals surface area contributed by atoms with Crippen LogP contribution in [0.25, 0.3) is 6.08 Å². The van der Waals surface area contributed by atoms with Crippen molar-refractivity contribution in [2.75, 3.05) is 5.32 Å². The number of carboxylic acid groups (broad SMARTS) is 1. The molecule has 0 saturated heterocycles. The van der Waals surface area contributed by atoms with Crippen LogP contribution in [0.2, 0.25) is 15.2 Å². The minimum absolute atomic E-state index is 0.0676. The quantitative estimate of drug-likeness (QED) is 0.354. The smallest absolute Gasteiger partial charge is 0.337 e. The Morgan fingerprint density at radius 1 is 1.16 bits per heavy atom. The Balaban J connectivity index is 1.92. The van der Waals surface area contributed by atoms with E-state index in [2.05, 4.69) is 10.4 Å². The number of nitrogens with zero attached hydrogens (tertiary/aromatic N) is 3. The van der Waals surface area contributed by atoms with Gasteiger partial charge in [0.2, 0.25) is 0 Å².